The Labute approximate surface area is 171 Å². The first-order valence-corrected chi connectivity index (χ1v) is 9.71. The molecule has 1 N–H and O–H groups in total. The van der Waals surface area contributed by atoms with Crippen molar-refractivity contribution < 1.29 is 4.52 Å². The van der Waals surface area contributed by atoms with Crippen LogP contribution in [0.5, 0.6) is 0 Å². The summed E-state index contributed by atoms with van der Waals surface area (Å²) in [5, 5.41) is 9.55. The van der Waals surface area contributed by atoms with Gasteiger partial charge in [-0.05, 0) is 30.2 Å². The van der Waals surface area contributed by atoms with Crippen molar-refractivity contribution in [2.24, 2.45) is 7.05 Å². The van der Waals surface area contributed by atoms with E-state index in [0.717, 1.165) is 22.2 Å². The Morgan fingerprint density at radius 2 is 1.87 bits per heavy atom. The first kappa shape index (κ1) is 18.2. The number of nitrogens with zero attached hydrogens (tertiary/aromatic N) is 3. The maximum Gasteiger partial charge on any atom is 0.280 e. The minimum atomic E-state index is -0.342. The first-order chi connectivity index (χ1) is 14.5. The van der Waals surface area contributed by atoms with Gasteiger partial charge in [0.25, 0.3) is 11.1 Å². The lowest BCUT2D eigenvalue weighted by Gasteiger charge is -2.10. The zero-order chi connectivity index (χ0) is 20.8. The minimum Gasteiger partial charge on any atom is -0.382 e. The van der Waals surface area contributed by atoms with Crippen LogP contribution in [-0.2, 0) is 20.0 Å². The average molecular weight is 400 g/mol. The van der Waals surface area contributed by atoms with Gasteiger partial charge in [-0.2, -0.15) is 10.3 Å². The van der Waals surface area contributed by atoms with Crippen molar-refractivity contribution in [3.63, 3.8) is 0 Å². The maximum atomic E-state index is 13.0. The highest BCUT2D eigenvalue weighted by Gasteiger charge is 2.16. The molecule has 0 aliphatic rings. The second kappa shape index (κ2) is 6.88. The van der Waals surface area contributed by atoms with Crippen molar-refractivity contribution in [2.45, 2.75) is 19.9 Å². The third-order valence-corrected chi connectivity index (χ3v) is 5.48. The van der Waals surface area contributed by atoms with Crippen LogP contribution in [0.3, 0.4) is 0 Å². The number of aryl methyl sites for hydroxylation is 2. The molecule has 2 aromatic carbocycles. The zero-order valence-corrected chi connectivity index (χ0v) is 16.7. The predicted octanol–water partition coefficient (Wildman–Crippen LogP) is 3.12. The van der Waals surface area contributed by atoms with Gasteiger partial charge in [-0.15, -0.1) is 0 Å². The lowest BCUT2D eigenvalue weighted by atomic mass is 10.0. The highest BCUT2D eigenvalue weighted by atomic mass is 16.5. The van der Waals surface area contributed by atoms with Crippen LogP contribution in [0.4, 0.5) is 0 Å². The number of hydrogen-bond acceptors (Lipinski definition) is 4. The van der Waals surface area contributed by atoms with Gasteiger partial charge < -0.3 is 9.09 Å². The maximum absolute atomic E-state index is 13.0. The molecular formula is C23H20N4O3. The molecule has 5 rings (SSSR count). The second-order valence-corrected chi connectivity index (χ2v) is 7.55. The SMILES string of the molecule is Cc1cccc2c1c(Cc1nn(Cc3cc(=O)[nH]o3)c(=O)c3ccccc13)cn2C. The van der Waals surface area contributed by atoms with E-state index < -0.39 is 0 Å². The highest BCUT2D eigenvalue weighted by molar-refractivity contribution is 5.89. The summed E-state index contributed by atoms with van der Waals surface area (Å²) in [5.41, 5.74) is 3.77. The minimum absolute atomic E-state index is 0.0873. The summed E-state index contributed by atoms with van der Waals surface area (Å²) in [5.74, 6) is 0.358. The van der Waals surface area contributed by atoms with Crippen LogP contribution < -0.4 is 11.1 Å². The van der Waals surface area contributed by atoms with Gasteiger partial charge in [-0.25, -0.2) is 4.68 Å². The van der Waals surface area contributed by atoms with Crippen LogP contribution in [0.15, 0.2) is 68.8 Å². The van der Waals surface area contributed by atoms with E-state index in [1.54, 1.807) is 6.07 Å². The molecule has 0 saturated heterocycles. The van der Waals surface area contributed by atoms with Crippen LogP contribution in [0.1, 0.15) is 22.6 Å². The van der Waals surface area contributed by atoms with Gasteiger partial charge in [-0.1, -0.05) is 30.3 Å². The summed E-state index contributed by atoms with van der Waals surface area (Å²) in [6, 6.07) is 15.1. The van der Waals surface area contributed by atoms with Crippen molar-refractivity contribution in [3.8, 4) is 0 Å². The summed E-state index contributed by atoms with van der Waals surface area (Å²) < 4.78 is 8.61. The Morgan fingerprint density at radius 1 is 1.07 bits per heavy atom. The summed E-state index contributed by atoms with van der Waals surface area (Å²) >= 11 is 0. The Kier molecular flexibility index (Phi) is 4.17. The normalized spacial score (nSPS) is 11.5. The molecule has 0 fully saturated rings. The Morgan fingerprint density at radius 3 is 2.63 bits per heavy atom. The fourth-order valence-electron chi connectivity index (χ4n) is 4.14. The van der Waals surface area contributed by atoms with E-state index in [-0.39, 0.29) is 17.7 Å². The van der Waals surface area contributed by atoms with Gasteiger partial charge in [0, 0.05) is 42.0 Å². The van der Waals surface area contributed by atoms with Crippen molar-refractivity contribution >= 4 is 21.7 Å². The third-order valence-electron chi connectivity index (χ3n) is 5.48. The highest BCUT2D eigenvalue weighted by Crippen LogP contribution is 2.27. The summed E-state index contributed by atoms with van der Waals surface area (Å²) in [4.78, 5) is 24.4. The van der Waals surface area contributed by atoms with Gasteiger partial charge >= 0.3 is 0 Å². The van der Waals surface area contributed by atoms with Gasteiger partial charge in [-0.3, -0.25) is 9.59 Å². The molecule has 5 aromatic rings. The Balaban J connectivity index is 1.68. The van der Waals surface area contributed by atoms with E-state index >= 15 is 0 Å². The molecule has 7 nitrogen and oxygen atoms in total. The predicted molar refractivity (Wildman–Crippen MR) is 115 cm³/mol. The number of rotatable bonds is 4. The molecule has 3 aromatic heterocycles. The number of nitrogens with one attached hydrogen (secondary N) is 1. The van der Waals surface area contributed by atoms with Crippen LogP contribution in [0, 0.1) is 6.92 Å². The van der Waals surface area contributed by atoms with E-state index in [4.69, 9.17) is 4.52 Å². The largest absolute Gasteiger partial charge is 0.382 e. The van der Waals surface area contributed by atoms with E-state index in [1.807, 2.05) is 25.2 Å². The number of aromatic nitrogens is 4. The molecule has 0 bridgehead atoms. The molecule has 3 heterocycles. The fraction of sp³-hybridized carbons (Fsp3) is 0.174. The molecule has 0 amide bonds. The Hall–Kier alpha value is -3.87. The zero-order valence-electron chi connectivity index (χ0n) is 16.7. The quantitative estimate of drug-likeness (QED) is 0.502. The summed E-state index contributed by atoms with van der Waals surface area (Å²) in [7, 11) is 2.03. The Bertz CT molecular complexity index is 1520. The van der Waals surface area contributed by atoms with Gasteiger partial charge in [0.15, 0.2) is 5.76 Å². The van der Waals surface area contributed by atoms with Gasteiger partial charge in [0.1, 0.15) is 6.54 Å². The van der Waals surface area contributed by atoms with Crippen molar-refractivity contribution in [1.82, 2.24) is 19.5 Å². The van der Waals surface area contributed by atoms with Crippen molar-refractivity contribution in [1.29, 1.82) is 0 Å². The molecule has 0 aliphatic heterocycles. The van der Waals surface area contributed by atoms with Crippen LogP contribution in [-0.4, -0.2) is 19.5 Å². The van der Waals surface area contributed by atoms with Crippen molar-refractivity contribution in [3.05, 3.63) is 98.0 Å². The molecule has 150 valence electrons. The lowest BCUT2D eigenvalue weighted by Crippen LogP contribution is -2.25. The summed E-state index contributed by atoms with van der Waals surface area (Å²) in [6.07, 6.45) is 2.70. The molecule has 0 unspecified atom stereocenters. The molecular weight excluding hydrogens is 380 g/mol. The molecule has 0 spiro atoms. The topological polar surface area (TPSA) is 85.8 Å². The number of fused-ring (bicyclic) bond motifs is 2. The smallest absolute Gasteiger partial charge is 0.280 e. The van der Waals surface area contributed by atoms with Crippen LogP contribution in [0.2, 0.25) is 0 Å². The standard InChI is InChI=1S/C23H20N4O3/c1-14-6-5-9-20-22(14)15(12-26(20)2)10-19-17-7-3-4-8-18(17)23(29)27(24-19)13-16-11-21(28)25-30-16/h3-9,11-12H,10,13H2,1-2H3,(H,25,28). The monoisotopic (exact) mass is 400 g/mol. The molecule has 7 heteroatoms. The van der Waals surface area contributed by atoms with Crippen LogP contribution in [0.25, 0.3) is 21.7 Å². The third kappa shape index (κ3) is 2.95. The number of benzene rings is 2. The van der Waals surface area contributed by atoms with E-state index in [1.165, 1.54) is 21.7 Å². The molecule has 0 aliphatic carbocycles. The van der Waals surface area contributed by atoms with Gasteiger partial charge in [0.05, 0.1) is 11.1 Å². The van der Waals surface area contributed by atoms with E-state index in [2.05, 4.69) is 46.1 Å². The first-order valence-electron chi connectivity index (χ1n) is 9.71. The molecule has 0 atom stereocenters. The number of aromatic amines is 1. The number of hydrogen-bond donors (Lipinski definition) is 1. The van der Waals surface area contributed by atoms with Crippen LogP contribution >= 0.6 is 0 Å². The fourth-order valence-corrected chi connectivity index (χ4v) is 4.14. The summed E-state index contributed by atoms with van der Waals surface area (Å²) in [6.45, 7) is 2.19. The van der Waals surface area contributed by atoms with Crippen molar-refractivity contribution in [2.75, 3.05) is 0 Å². The number of H-pyrrole nitrogens is 1. The molecule has 0 saturated carbocycles. The van der Waals surface area contributed by atoms with E-state index in [0.29, 0.717) is 17.6 Å². The van der Waals surface area contributed by atoms with Gasteiger partial charge in [0.2, 0.25) is 0 Å². The molecule has 30 heavy (non-hydrogen) atoms. The second-order valence-electron chi connectivity index (χ2n) is 7.55. The average Bonchev–Trinajstić information content (AvgIpc) is 3.29. The molecule has 0 radical (unpaired) electrons. The van der Waals surface area contributed by atoms with E-state index in [9.17, 15) is 9.59 Å². The lowest BCUT2D eigenvalue weighted by molar-refractivity contribution is 0.364.